The average Bonchev–Trinajstić information content (AvgIpc) is 3.65. The Morgan fingerprint density at radius 1 is 1.07 bits per heavy atom. The number of furan rings is 1. The summed E-state index contributed by atoms with van der Waals surface area (Å²) in [5.41, 5.74) is 2.81. The topological polar surface area (TPSA) is 110 Å². The Morgan fingerprint density at radius 3 is 2.45 bits per heavy atom. The minimum Gasteiger partial charge on any atom is -0.456 e. The third kappa shape index (κ3) is 4.85. The van der Waals surface area contributed by atoms with Gasteiger partial charge in [0.2, 0.25) is 0 Å². The van der Waals surface area contributed by atoms with Gasteiger partial charge in [0.15, 0.2) is 5.76 Å². The number of aromatic nitrogens is 3. The highest BCUT2D eigenvalue weighted by molar-refractivity contribution is 9.10. The highest BCUT2D eigenvalue weighted by atomic mass is 79.9. The van der Waals surface area contributed by atoms with Crippen molar-refractivity contribution in [3.05, 3.63) is 98.9 Å². The molecule has 1 N–H and O–H groups in total. The third-order valence-corrected chi connectivity index (χ3v) is 8.25. The van der Waals surface area contributed by atoms with Gasteiger partial charge in [0.05, 0.1) is 39.7 Å². The van der Waals surface area contributed by atoms with Crippen molar-refractivity contribution in [2.75, 3.05) is 0 Å². The molecule has 3 amide bonds. The first-order valence-electron chi connectivity index (χ1n) is 13.0. The minimum absolute atomic E-state index is 0.0237. The van der Waals surface area contributed by atoms with Crippen LogP contribution < -0.4 is 5.32 Å². The summed E-state index contributed by atoms with van der Waals surface area (Å²) < 4.78 is 21.6. The van der Waals surface area contributed by atoms with Crippen LogP contribution in [-0.4, -0.2) is 43.7 Å². The maximum absolute atomic E-state index is 13.9. The van der Waals surface area contributed by atoms with E-state index in [0.29, 0.717) is 32.6 Å². The maximum atomic E-state index is 13.9. The number of carbonyl (C=O) groups is 3. The summed E-state index contributed by atoms with van der Waals surface area (Å²) in [4.78, 5) is 39.6. The number of nitrogens with one attached hydrogen (secondary N) is 1. The first kappa shape index (κ1) is 26.1. The number of aryl methyl sites for hydroxylation is 1. The van der Waals surface area contributed by atoms with E-state index in [1.165, 1.54) is 11.0 Å². The fraction of sp³-hybridized carbons (Fsp3) is 0.276. The van der Waals surface area contributed by atoms with E-state index in [1.807, 2.05) is 6.20 Å². The first-order chi connectivity index (χ1) is 19.3. The SMILES string of the molecule is Cc1oc(C(=O)NC2CCC(c3cn(-c4ccc(Br)c(F)c4)nn3)CC2)cc1CN1C(=O)c2ccccc2C1=O. The van der Waals surface area contributed by atoms with Crippen molar-refractivity contribution in [2.24, 2.45) is 0 Å². The monoisotopic (exact) mass is 605 g/mol. The van der Waals surface area contributed by atoms with Gasteiger partial charge in [0, 0.05) is 23.6 Å². The molecule has 204 valence electrons. The standard InChI is InChI=1S/C29H25BrFN5O4/c1-16-18(14-35-28(38)21-4-2-3-5-22(21)29(35)39)12-26(40-16)27(37)32-19-8-6-17(7-9-19)25-15-36(34-33-25)20-10-11-23(30)24(31)13-20/h2-5,10-13,15,17,19H,6-9,14H2,1H3,(H,32,37). The van der Waals surface area contributed by atoms with Crippen LogP contribution in [0.1, 0.15) is 79.9 Å². The van der Waals surface area contributed by atoms with Crippen molar-refractivity contribution in [1.29, 1.82) is 0 Å². The zero-order chi connectivity index (χ0) is 28.0. The molecule has 40 heavy (non-hydrogen) atoms. The Labute approximate surface area is 237 Å². The summed E-state index contributed by atoms with van der Waals surface area (Å²) in [6.45, 7) is 1.75. The average molecular weight is 606 g/mol. The van der Waals surface area contributed by atoms with Gasteiger partial charge in [0.25, 0.3) is 17.7 Å². The van der Waals surface area contributed by atoms with Crippen LogP contribution in [0, 0.1) is 12.7 Å². The molecule has 3 heterocycles. The smallest absolute Gasteiger partial charge is 0.287 e. The molecule has 1 aliphatic carbocycles. The molecule has 0 spiro atoms. The zero-order valence-corrected chi connectivity index (χ0v) is 23.2. The minimum atomic E-state index is -0.367. The molecule has 0 saturated heterocycles. The van der Waals surface area contributed by atoms with Crippen molar-refractivity contribution in [2.45, 2.75) is 51.1 Å². The van der Waals surface area contributed by atoms with E-state index < -0.39 is 0 Å². The van der Waals surface area contributed by atoms with Crippen LogP contribution in [0.4, 0.5) is 4.39 Å². The number of hydrogen-bond acceptors (Lipinski definition) is 6. The normalized spacial score (nSPS) is 18.7. The highest BCUT2D eigenvalue weighted by Crippen LogP contribution is 2.33. The molecule has 2 aliphatic rings. The van der Waals surface area contributed by atoms with Crippen molar-refractivity contribution in [3.63, 3.8) is 0 Å². The Morgan fingerprint density at radius 2 is 1.77 bits per heavy atom. The highest BCUT2D eigenvalue weighted by Gasteiger charge is 2.36. The van der Waals surface area contributed by atoms with Crippen LogP contribution in [0.25, 0.3) is 5.69 Å². The molecule has 0 bridgehead atoms. The molecule has 1 aliphatic heterocycles. The fourth-order valence-electron chi connectivity index (χ4n) is 5.35. The van der Waals surface area contributed by atoms with E-state index in [9.17, 15) is 18.8 Å². The van der Waals surface area contributed by atoms with Gasteiger partial charge in [-0.2, -0.15) is 0 Å². The Hall–Kier alpha value is -4.12. The van der Waals surface area contributed by atoms with Crippen molar-refractivity contribution in [3.8, 4) is 5.69 Å². The van der Waals surface area contributed by atoms with Gasteiger partial charge in [-0.15, -0.1) is 5.10 Å². The molecule has 0 radical (unpaired) electrons. The number of imide groups is 1. The summed E-state index contributed by atoms with van der Waals surface area (Å²) in [5.74, 6) is -0.577. The summed E-state index contributed by atoms with van der Waals surface area (Å²) in [7, 11) is 0. The molecule has 9 nitrogen and oxygen atoms in total. The lowest BCUT2D eigenvalue weighted by Crippen LogP contribution is -2.37. The molecular formula is C29H25BrFN5O4. The van der Waals surface area contributed by atoms with Gasteiger partial charge >= 0.3 is 0 Å². The lowest BCUT2D eigenvalue weighted by Gasteiger charge is -2.27. The van der Waals surface area contributed by atoms with Crippen LogP contribution in [0.2, 0.25) is 0 Å². The molecule has 4 aromatic rings. The summed E-state index contributed by atoms with van der Waals surface area (Å²) in [6, 6.07) is 13.1. The van der Waals surface area contributed by atoms with E-state index in [0.717, 1.165) is 31.4 Å². The van der Waals surface area contributed by atoms with Crippen molar-refractivity contribution < 1.29 is 23.2 Å². The number of amides is 3. The number of nitrogens with zero attached hydrogens (tertiary/aromatic N) is 4. The molecule has 1 fully saturated rings. The number of hydrogen-bond donors (Lipinski definition) is 1. The van der Waals surface area contributed by atoms with Gasteiger partial charge in [-0.1, -0.05) is 17.3 Å². The second kappa shape index (κ2) is 10.5. The van der Waals surface area contributed by atoms with Gasteiger partial charge in [-0.05, 0) is 78.9 Å². The van der Waals surface area contributed by atoms with Gasteiger partial charge < -0.3 is 9.73 Å². The third-order valence-electron chi connectivity index (χ3n) is 7.61. The van der Waals surface area contributed by atoms with E-state index in [-0.39, 0.29) is 47.8 Å². The van der Waals surface area contributed by atoms with E-state index in [4.69, 9.17) is 4.42 Å². The number of carbonyl (C=O) groups excluding carboxylic acids is 3. The van der Waals surface area contributed by atoms with Crippen LogP contribution >= 0.6 is 15.9 Å². The van der Waals surface area contributed by atoms with E-state index >= 15 is 0 Å². The number of fused-ring (bicyclic) bond motifs is 1. The summed E-state index contributed by atoms with van der Waals surface area (Å²) in [5, 5.41) is 11.5. The molecule has 0 unspecified atom stereocenters. The Balaban J connectivity index is 1.05. The predicted molar refractivity (Wildman–Crippen MR) is 146 cm³/mol. The van der Waals surface area contributed by atoms with E-state index in [2.05, 4.69) is 31.6 Å². The molecule has 0 atom stereocenters. The van der Waals surface area contributed by atoms with Gasteiger partial charge in [0.1, 0.15) is 11.6 Å². The lowest BCUT2D eigenvalue weighted by atomic mass is 9.84. The van der Waals surface area contributed by atoms with Gasteiger partial charge in [-0.25, -0.2) is 9.07 Å². The second-order valence-corrected chi connectivity index (χ2v) is 11.0. The molecule has 2 aromatic carbocycles. The summed E-state index contributed by atoms with van der Waals surface area (Å²) in [6.07, 6.45) is 4.99. The molecule has 1 saturated carbocycles. The number of rotatable bonds is 6. The number of benzene rings is 2. The maximum Gasteiger partial charge on any atom is 0.287 e. The van der Waals surface area contributed by atoms with Gasteiger partial charge in [-0.3, -0.25) is 19.3 Å². The Bertz CT molecular complexity index is 1600. The summed E-state index contributed by atoms with van der Waals surface area (Å²) >= 11 is 3.16. The first-order valence-corrected chi connectivity index (χ1v) is 13.8. The Kier molecular flexibility index (Phi) is 6.83. The predicted octanol–water partition coefficient (Wildman–Crippen LogP) is 5.32. The molecule has 11 heteroatoms. The quantitative estimate of drug-likeness (QED) is 0.298. The largest absolute Gasteiger partial charge is 0.456 e. The van der Waals surface area contributed by atoms with Crippen LogP contribution in [0.3, 0.4) is 0 Å². The van der Waals surface area contributed by atoms with E-state index in [1.54, 1.807) is 54.1 Å². The molecule has 6 rings (SSSR count). The molecule has 2 aromatic heterocycles. The van der Waals surface area contributed by atoms with Crippen molar-refractivity contribution in [1.82, 2.24) is 25.2 Å². The van der Waals surface area contributed by atoms with Crippen LogP contribution in [0.15, 0.2) is 63.6 Å². The van der Waals surface area contributed by atoms with Crippen molar-refractivity contribution >= 4 is 33.7 Å². The van der Waals surface area contributed by atoms with Crippen LogP contribution in [0.5, 0.6) is 0 Å². The van der Waals surface area contributed by atoms with Crippen LogP contribution in [-0.2, 0) is 6.54 Å². The number of halogens is 2. The lowest BCUT2D eigenvalue weighted by molar-refractivity contribution is 0.0641. The second-order valence-electron chi connectivity index (χ2n) is 10.1. The zero-order valence-electron chi connectivity index (χ0n) is 21.6. The fourth-order valence-corrected chi connectivity index (χ4v) is 5.60. The molecular weight excluding hydrogens is 581 g/mol.